The molecule has 0 bridgehead atoms. The lowest BCUT2D eigenvalue weighted by atomic mass is 9.97. The summed E-state index contributed by atoms with van der Waals surface area (Å²) < 4.78 is 0. The van der Waals surface area contributed by atoms with Crippen molar-refractivity contribution < 1.29 is 0 Å². The van der Waals surface area contributed by atoms with Gasteiger partial charge in [-0.15, -0.1) is 11.8 Å². The van der Waals surface area contributed by atoms with Gasteiger partial charge in [0.05, 0.1) is 0 Å². The van der Waals surface area contributed by atoms with E-state index in [-0.39, 0.29) is 0 Å². The zero-order valence-electron chi connectivity index (χ0n) is 9.92. The van der Waals surface area contributed by atoms with Gasteiger partial charge in [0.15, 0.2) is 0 Å². The molecule has 1 aliphatic heterocycles. The highest BCUT2D eigenvalue weighted by atomic mass is 35.5. The third kappa shape index (κ3) is 4.09. The quantitative estimate of drug-likeness (QED) is 0.651. The SMILES string of the molecule is Nc1cc(Cl)ccc1SCCC1CCCNC1. The largest absolute Gasteiger partial charge is 0.398 e. The van der Waals surface area contributed by atoms with Gasteiger partial charge in [0.25, 0.3) is 0 Å². The molecule has 17 heavy (non-hydrogen) atoms. The smallest absolute Gasteiger partial charge is 0.0467 e. The van der Waals surface area contributed by atoms with Crippen LogP contribution in [-0.4, -0.2) is 18.8 Å². The fourth-order valence-corrected chi connectivity index (χ4v) is 3.40. The minimum atomic E-state index is 0.711. The van der Waals surface area contributed by atoms with E-state index in [1.165, 1.54) is 32.4 Å². The first-order chi connectivity index (χ1) is 8.25. The van der Waals surface area contributed by atoms with E-state index in [0.717, 1.165) is 22.3 Å². The lowest BCUT2D eigenvalue weighted by molar-refractivity contribution is 0.371. The number of nitrogens with two attached hydrogens (primary N) is 1. The first-order valence-corrected chi connectivity index (χ1v) is 7.50. The van der Waals surface area contributed by atoms with Crippen molar-refractivity contribution >= 4 is 29.1 Å². The zero-order chi connectivity index (χ0) is 12.1. The molecule has 0 aromatic heterocycles. The van der Waals surface area contributed by atoms with E-state index < -0.39 is 0 Å². The molecule has 0 saturated carbocycles. The molecule has 2 rings (SSSR count). The van der Waals surface area contributed by atoms with E-state index in [1.807, 2.05) is 30.0 Å². The maximum atomic E-state index is 5.92. The maximum Gasteiger partial charge on any atom is 0.0467 e. The molecule has 0 radical (unpaired) electrons. The maximum absolute atomic E-state index is 5.92. The topological polar surface area (TPSA) is 38.0 Å². The second-order valence-corrected chi connectivity index (χ2v) is 6.10. The van der Waals surface area contributed by atoms with Gasteiger partial charge in [-0.25, -0.2) is 0 Å². The lowest BCUT2D eigenvalue weighted by Crippen LogP contribution is -2.29. The van der Waals surface area contributed by atoms with Crippen LogP contribution in [0.5, 0.6) is 0 Å². The van der Waals surface area contributed by atoms with Crippen LogP contribution >= 0.6 is 23.4 Å². The summed E-state index contributed by atoms with van der Waals surface area (Å²) in [7, 11) is 0. The van der Waals surface area contributed by atoms with Gasteiger partial charge in [0, 0.05) is 15.6 Å². The molecule has 2 nitrogen and oxygen atoms in total. The number of anilines is 1. The fourth-order valence-electron chi connectivity index (χ4n) is 2.16. The first-order valence-electron chi connectivity index (χ1n) is 6.14. The molecule has 1 fully saturated rings. The van der Waals surface area contributed by atoms with Crippen LogP contribution in [-0.2, 0) is 0 Å². The Kier molecular flexibility index (Phi) is 5.01. The second kappa shape index (κ2) is 6.53. The minimum absolute atomic E-state index is 0.711. The molecule has 1 heterocycles. The van der Waals surface area contributed by atoms with Crippen LogP contribution in [0, 0.1) is 5.92 Å². The van der Waals surface area contributed by atoms with E-state index >= 15 is 0 Å². The number of hydrogen-bond donors (Lipinski definition) is 2. The Bertz CT molecular complexity index is 364. The second-order valence-electron chi connectivity index (χ2n) is 4.53. The Labute approximate surface area is 112 Å². The summed E-state index contributed by atoms with van der Waals surface area (Å²) in [6, 6.07) is 5.75. The number of piperidine rings is 1. The Hall–Kier alpha value is -0.380. The lowest BCUT2D eigenvalue weighted by Gasteiger charge is -2.22. The Morgan fingerprint density at radius 1 is 1.47 bits per heavy atom. The van der Waals surface area contributed by atoms with Gasteiger partial charge < -0.3 is 11.1 Å². The van der Waals surface area contributed by atoms with Gasteiger partial charge in [-0.2, -0.15) is 0 Å². The van der Waals surface area contributed by atoms with Gasteiger partial charge in [0.2, 0.25) is 0 Å². The van der Waals surface area contributed by atoms with Gasteiger partial charge in [0.1, 0.15) is 0 Å². The number of thioether (sulfide) groups is 1. The predicted octanol–water partition coefficient (Wildman–Crippen LogP) is 3.40. The van der Waals surface area contributed by atoms with Crippen LogP contribution in [0.3, 0.4) is 0 Å². The van der Waals surface area contributed by atoms with Crippen molar-refractivity contribution in [2.45, 2.75) is 24.2 Å². The normalized spacial score (nSPS) is 20.4. The zero-order valence-corrected chi connectivity index (χ0v) is 11.5. The molecule has 4 heteroatoms. The minimum Gasteiger partial charge on any atom is -0.398 e. The van der Waals surface area contributed by atoms with E-state index in [9.17, 15) is 0 Å². The summed E-state index contributed by atoms with van der Waals surface area (Å²) in [5.41, 5.74) is 6.72. The number of hydrogen-bond acceptors (Lipinski definition) is 3. The number of halogens is 1. The molecule has 1 saturated heterocycles. The average molecular weight is 271 g/mol. The molecule has 1 aliphatic rings. The molecule has 3 N–H and O–H groups in total. The van der Waals surface area contributed by atoms with E-state index in [0.29, 0.717) is 5.02 Å². The molecule has 1 aromatic rings. The Morgan fingerprint density at radius 2 is 2.35 bits per heavy atom. The van der Waals surface area contributed by atoms with Crippen LogP contribution < -0.4 is 11.1 Å². The van der Waals surface area contributed by atoms with Crippen molar-refractivity contribution in [1.82, 2.24) is 5.32 Å². The molecule has 94 valence electrons. The summed E-state index contributed by atoms with van der Waals surface area (Å²) >= 11 is 7.71. The van der Waals surface area contributed by atoms with Crippen molar-refractivity contribution in [1.29, 1.82) is 0 Å². The number of nitrogen functional groups attached to an aromatic ring is 1. The number of rotatable bonds is 4. The fraction of sp³-hybridized carbons (Fsp3) is 0.538. The summed E-state index contributed by atoms with van der Waals surface area (Å²) in [6.45, 7) is 2.37. The van der Waals surface area contributed by atoms with Crippen LogP contribution in [0.25, 0.3) is 0 Å². The third-order valence-electron chi connectivity index (χ3n) is 3.15. The molecule has 0 spiro atoms. The molecular formula is C13H19ClN2S. The van der Waals surface area contributed by atoms with E-state index in [2.05, 4.69) is 5.32 Å². The first kappa shape index (κ1) is 13.1. The van der Waals surface area contributed by atoms with Gasteiger partial charge in [-0.1, -0.05) is 11.6 Å². The van der Waals surface area contributed by atoms with Gasteiger partial charge in [-0.3, -0.25) is 0 Å². The molecule has 0 amide bonds. The van der Waals surface area contributed by atoms with Crippen LogP contribution in [0.15, 0.2) is 23.1 Å². The monoisotopic (exact) mass is 270 g/mol. The predicted molar refractivity (Wildman–Crippen MR) is 76.8 cm³/mol. The molecular weight excluding hydrogens is 252 g/mol. The summed E-state index contributed by atoms with van der Waals surface area (Å²) in [4.78, 5) is 1.15. The Balaban J connectivity index is 1.77. The highest BCUT2D eigenvalue weighted by molar-refractivity contribution is 7.99. The third-order valence-corrected chi connectivity index (χ3v) is 4.51. The van der Waals surface area contributed by atoms with E-state index in [4.69, 9.17) is 17.3 Å². The van der Waals surface area contributed by atoms with Crippen molar-refractivity contribution in [3.05, 3.63) is 23.2 Å². The molecule has 1 atom stereocenters. The standard InChI is InChI=1S/C13H19ClN2S/c14-11-3-4-13(12(15)8-11)17-7-5-10-2-1-6-16-9-10/h3-4,8,10,16H,1-2,5-7,9,15H2. The van der Waals surface area contributed by atoms with Gasteiger partial charge >= 0.3 is 0 Å². The summed E-state index contributed by atoms with van der Waals surface area (Å²) in [5, 5.41) is 4.16. The summed E-state index contributed by atoms with van der Waals surface area (Å²) in [6.07, 6.45) is 3.95. The highest BCUT2D eigenvalue weighted by Crippen LogP contribution is 2.29. The van der Waals surface area contributed by atoms with Crippen molar-refractivity contribution in [2.24, 2.45) is 5.92 Å². The average Bonchev–Trinajstić information content (AvgIpc) is 2.33. The highest BCUT2D eigenvalue weighted by Gasteiger charge is 2.12. The van der Waals surface area contributed by atoms with Crippen molar-refractivity contribution in [3.63, 3.8) is 0 Å². The van der Waals surface area contributed by atoms with Crippen LogP contribution in [0.4, 0.5) is 5.69 Å². The molecule has 0 aliphatic carbocycles. The molecule has 1 aromatic carbocycles. The van der Waals surface area contributed by atoms with Crippen LogP contribution in [0.1, 0.15) is 19.3 Å². The molecule has 1 unspecified atom stereocenters. The van der Waals surface area contributed by atoms with Gasteiger partial charge in [-0.05, 0) is 62.2 Å². The number of benzene rings is 1. The van der Waals surface area contributed by atoms with Crippen molar-refractivity contribution in [2.75, 3.05) is 24.6 Å². The number of nitrogens with one attached hydrogen (secondary N) is 1. The van der Waals surface area contributed by atoms with Crippen molar-refractivity contribution in [3.8, 4) is 0 Å². The summed E-state index contributed by atoms with van der Waals surface area (Å²) in [5.74, 6) is 1.97. The van der Waals surface area contributed by atoms with Crippen LogP contribution in [0.2, 0.25) is 5.02 Å². The Morgan fingerprint density at radius 3 is 3.06 bits per heavy atom. The van der Waals surface area contributed by atoms with E-state index in [1.54, 1.807) is 0 Å².